The van der Waals surface area contributed by atoms with Crippen molar-refractivity contribution in [2.75, 3.05) is 19.3 Å². The Bertz CT molecular complexity index is 469. The van der Waals surface area contributed by atoms with Crippen molar-refractivity contribution in [3.05, 3.63) is 34.9 Å². The van der Waals surface area contributed by atoms with Crippen LogP contribution < -0.4 is 10.0 Å². The highest BCUT2D eigenvalue weighted by Crippen LogP contribution is 2.09. The average molecular weight is 256 g/mol. The molecule has 0 aromatic heterocycles. The molecule has 0 amide bonds. The molecule has 1 aromatic carbocycles. The molecule has 0 aliphatic heterocycles. The van der Waals surface area contributed by atoms with Gasteiger partial charge in [-0.1, -0.05) is 18.2 Å². The summed E-state index contributed by atoms with van der Waals surface area (Å²) in [6.45, 7) is 5.98. The third kappa shape index (κ3) is 5.81. The first-order valence-electron chi connectivity index (χ1n) is 5.60. The van der Waals surface area contributed by atoms with Gasteiger partial charge in [0.2, 0.25) is 10.0 Å². The lowest BCUT2D eigenvalue weighted by molar-refractivity contribution is 0.582. The molecule has 0 aliphatic rings. The highest BCUT2D eigenvalue weighted by atomic mass is 32.2. The molecule has 5 heteroatoms. The molecule has 1 rings (SSSR count). The van der Waals surface area contributed by atoms with Crippen LogP contribution in [0.3, 0.4) is 0 Å². The van der Waals surface area contributed by atoms with Gasteiger partial charge < -0.3 is 5.32 Å². The van der Waals surface area contributed by atoms with E-state index in [1.165, 1.54) is 16.7 Å². The molecule has 17 heavy (non-hydrogen) atoms. The van der Waals surface area contributed by atoms with Crippen molar-refractivity contribution in [3.8, 4) is 0 Å². The zero-order valence-electron chi connectivity index (χ0n) is 10.6. The van der Waals surface area contributed by atoms with Gasteiger partial charge in [0, 0.05) is 19.6 Å². The molecule has 0 radical (unpaired) electrons. The molecule has 0 saturated heterocycles. The van der Waals surface area contributed by atoms with E-state index in [1.807, 2.05) is 0 Å². The third-order valence-electron chi connectivity index (χ3n) is 2.57. The van der Waals surface area contributed by atoms with Crippen LogP contribution in [0, 0.1) is 13.8 Å². The highest BCUT2D eigenvalue weighted by Gasteiger charge is 1.99. The first kappa shape index (κ1) is 14.2. The predicted octanol–water partition coefficient (Wildman–Crippen LogP) is 0.942. The van der Waals surface area contributed by atoms with Gasteiger partial charge in [-0.3, -0.25) is 0 Å². The summed E-state index contributed by atoms with van der Waals surface area (Å²) in [5.41, 5.74) is 3.78. The monoisotopic (exact) mass is 256 g/mol. The summed E-state index contributed by atoms with van der Waals surface area (Å²) in [4.78, 5) is 0. The lowest BCUT2D eigenvalue weighted by Gasteiger charge is -2.07. The molecule has 0 saturated carbocycles. The van der Waals surface area contributed by atoms with Crippen molar-refractivity contribution in [3.63, 3.8) is 0 Å². The summed E-state index contributed by atoms with van der Waals surface area (Å²) in [7, 11) is -3.07. The fourth-order valence-corrected chi connectivity index (χ4v) is 1.94. The van der Waals surface area contributed by atoms with Gasteiger partial charge in [-0.25, -0.2) is 13.1 Å². The van der Waals surface area contributed by atoms with Gasteiger partial charge in [0.1, 0.15) is 0 Å². The molecular weight excluding hydrogens is 236 g/mol. The molecule has 0 unspecified atom stereocenters. The minimum Gasteiger partial charge on any atom is -0.311 e. The summed E-state index contributed by atoms with van der Waals surface area (Å²) in [6, 6.07) is 6.33. The largest absolute Gasteiger partial charge is 0.311 e. The Balaban J connectivity index is 2.29. The maximum Gasteiger partial charge on any atom is 0.208 e. The standard InChI is InChI=1S/C12H20N2O2S/c1-10-4-5-12(8-11(10)2)9-13-6-7-14-17(3,15)16/h4-5,8,13-14H,6-7,9H2,1-3H3. The second-order valence-corrected chi connectivity index (χ2v) is 6.09. The lowest BCUT2D eigenvalue weighted by atomic mass is 10.1. The zero-order valence-corrected chi connectivity index (χ0v) is 11.4. The van der Waals surface area contributed by atoms with E-state index in [2.05, 4.69) is 42.1 Å². The van der Waals surface area contributed by atoms with E-state index in [-0.39, 0.29) is 0 Å². The molecule has 4 nitrogen and oxygen atoms in total. The number of aryl methyl sites for hydroxylation is 2. The van der Waals surface area contributed by atoms with Crippen molar-refractivity contribution in [2.24, 2.45) is 0 Å². The Kier molecular flexibility index (Phi) is 5.11. The van der Waals surface area contributed by atoms with Crippen molar-refractivity contribution < 1.29 is 8.42 Å². The minimum absolute atomic E-state index is 0.420. The van der Waals surface area contributed by atoms with Crippen molar-refractivity contribution in [2.45, 2.75) is 20.4 Å². The van der Waals surface area contributed by atoms with E-state index >= 15 is 0 Å². The van der Waals surface area contributed by atoms with Gasteiger partial charge in [0.25, 0.3) is 0 Å². The maximum atomic E-state index is 10.8. The molecule has 96 valence electrons. The number of benzene rings is 1. The lowest BCUT2D eigenvalue weighted by Crippen LogP contribution is -2.30. The van der Waals surface area contributed by atoms with Crippen LogP contribution in [0.5, 0.6) is 0 Å². The Hall–Kier alpha value is -0.910. The van der Waals surface area contributed by atoms with Crippen molar-refractivity contribution >= 4 is 10.0 Å². The molecule has 1 aromatic rings. The van der Waals surface area contributed by atoms with Gasteiger partial charge >= 0.3 is 0 Å². The molecule has 0 heterocycles. The Morgan fingerprint density at radius 2 is 1.82 bits per heavy atom. The molecule has 0 atom stereocenters. The zero-order chi connectivity index (χ0) is 12.9. The van der Waals surface area contributed by atoms with Crippen LogP contribution in [0.1, 0.15) is 16.7 Å². The van der Waals surface area contributed by atoms with Crippen LogP contribution in [0.2, 0.25) is 0 Å². The van der Waals surface area contributed by atoms with Crippen LogP contribution in [0.25, 0.3) is 0 Å². The van der Waals surface area contributed by atoms with E-state index in [0.29, 0.717) is 13.1 Å². The van der Waals surface area contributed by atoms with E-state index in [0.717, 1.165) is 12.8 Å². The highest BCUT2D eigenvalue weighted by molar-refractivity contribution is 7.88. The molecular formula is C12H20N2O2S. The van der Waals surface area contributed by atoms with Gasteiger partial charge in [0.15, 0.2) is 0 Å². The van der Waals surface area contributed by atoms with Gasteiger partial charge in [0.05, 0.1) is 6.26 Å². The molecule has 2 N–H and O–H groups in total. The Morgan fingerprint density at radius 3 is 2.41 bits per heavy atom. The van der Waals surface area contributed by atoms with Crippen LogP contribution >= 0.6 is 0 Å². The van der Waals surface area contributed by atoms with E-state index < -0.39 is 10.0 Å². The van der Waals surface area contributed by atoms with E-state index in [9.17, 15) is 8.42 Å². The van der Waals surface area contributed by atoms with Crippen LogP contribution in [0.4, 0.5) is 0 Å². The minimum atomic E-state index is -3.07. The fourth-order valence-electron chi connectivity index (χ4n) is 1.47. The first-order valence-corrected chi connectivity index (χ1v) is 7.49. The van der Waals surface area contributed by atoms with Gasteiger partial charge in [-0.2, -0.15) is 0 Å². The summed E-state index contributed by atoms with van der Waals surface area (Å²) < 4.78 is 24.1. The second-order valence-electron chi connectivity index (χ2n) is 4.26. The van der Waals surface area contributed by atoms with Crippen molar-refractivity contribution in [1.82, 2.24) is 10.0 Å². The smallest absolute Gasteiger partial charge is 0.208 e. The van der Waals surface area contributed by atoms with E-state index in [4.69, 9.17) is 0 Å². The average Bonchev–Trinajstić information content (AvgIpc) is 2.21. The number of rotatable bonds is 6. The summed E-state index contributed by atoms with van der Waals surface area (Å²) in [6.07, 6.45) is 1.16. The second kappa shape index (κ2) is 6.14. The maximum absolute atomic E-state index is 10.8. The number of hydrogen-bond donors (Lipinski definition) is 2. The quantitative estimate of drug-likeness (QED) is 0.745. The van der Waals surface area contributed by atoms with Crippen molar-refractivity contribution in [1.29, 1.82) is 0 Å². The van der Waals surface area contributed by atoms with Crippen LogP contribution in [0.15, 0.2) is 18.2 Å². The number of sulfonamides is 1. The predicted molar refractivity (Wildman–Crippen MR) is 70.5 cm³/mol. The molecule has 0 fully saturated rings. The molecule has 0 spiro atoms. The SMILES string of the molecule is Cc1ccc(CNCCNS(C)(=O)=O)cc1C. The molecule has 0 bridgehead atoms. The van der Waals surface area contributed by atoms with Crippen LogP contribution in [-0.4, -0.2) is 27.8 Å². The molecule has 0 aliphatic carbocycles. The Morgan fingerprint density at radius 1 is 1.12 bits per heavy atom. The summed E-state index contributed by atoms with van der Waals surface area (Å²) in [5, 5.41) is 3.19. The normalized spacial score (nSPS) is 11.7. The fraction of sp³-hybridized carbons (Fsp3) is 0.500. The number of hydrogen-bond acceptors (Lipinski definition) is 3. The third-order valence-corrected chi connectivity index (χ3v) is 3.29. The first-order chi connectivity index (χ1) is 7.88. The number of nitrogens with one attached hydrogen (secondary N) is 2. The summed E-state index contributed by atoms with van der Waals surface area (Å²) >= 11 is 0. The summed E-state index contributed by atoms with van der Waals surface area (Å²) in [5.74, 6) is 0. The Labute approximate surface area is 103 Å². The van der Waals surface area contributed by atoms with Gasteiger partial charge in [-0.05, 0) is 30.5 Å². The van der Waals surface area contributed by atoms with Gasteiger partial charge in [-0.15, -0.1) is 0 Å². The van der Waals surface area contributed by atoms with E-state index in [1.54, 1.807) is 0 Å². The topological polar surface area (TPSA) is 58.2 Å². The van der Waals surface area contributed by atoms with Crippen LogP contribution in [-0.2, 0) is 16.6 Å².